The highest BCUT2D eigenvalue weighted by Crippen LogP contribution is 2.28. The minimum absolute atomic E-state index is 0.337. The molecular formula is C11H16N2O2S. The van der Waals surface area contributed by atoms with Crippen molar-refractivity contribution in [2.45, 2.75) is 30.7 Å². The summed E-state index contributed by atoms with van der Waals surface area (Å²) in [6.45, 7) is 2.99. The SMILES string of the molecule is CC1CCCN1c1ncccc1S(C)(=O)=O. The molecule has 88 valence electrons. The molecule has 0 radical (unpaired) electrons. The fraction of sp³-hybridized carbons (Fsp3) is 0.545. The van der Waals surface area contributed by atoms with Gasteiger partial charge in [-0.2, -0.15) is 0 Å². The van der Waals surface area contributed by atoms with E-state index in [2.05, 4.69) is 16.8 Å². The zero-order chi connectivity index (χ0) is 11.8. The van der Waals surface area contributed by atoms with Gasteiger partial charge in [-0.25, -0.2) is 13.4 Å². The predicted octanol–water partition coefficient (Wildman–Crippen LogP) is 1.47. The highest BCUT2D eigenvalue weighted by molar-refractivity contribution is 7.90. The smallest absolute Gasteiger partial charge is 0.179 e. The van der Waals surface area contributed by atoms with E-state index in [-0.39, 0.29) is 0 Å². The molecule has 0 spiro atoms. The van der Waals surface area contributed by atoms with E-state index in [9.17, 15) is 8.42 Å². The standard InChI is InChI=1S/C11H16N2O2S/c1-9-5-4-8-13(9)11-10(16(2,14)15)6-3-7-12-11/h3,6-7,9H,4-5,8H2,1-2H3. The molecule has 1 aromatic heterocycles. The third-order valence-corrected chi connectivity index (χ3v) is 4.09. The molecule has 0 aliphatic carbocycles. The van der Waals surface area contributed by atoms with Crippen LogP contribution in [-0.4, -0.2) is 32.2 Å². The average Bonchev–Trinajstić information content (AvgIpc) is 2.63. The fourth-order valence-corrected chi connectivity index (χ4v) is 2.96. The summed E-state index contributed by atoms with van der Waals surface area (Å²) in [4.78, 5) is 6.64. The van der Waals surface area contributed by atoms with E-state index in [0.29, 0.717) is 16.8 Å². The molecule has 1 aliphatic heterocycles. The zero-order valence-corrected chi connectivity index (χ0v) is 10.4. The molecule has 0 saturated carbocycles. The lowest BCUT2D eigenvalue weighted by atomic mass is 10.2. The van der Waals surface area contributed by atoms with Gasteiger partial charge in [0.2, 0.25) is 0 Å². The summed E-state index contributed by atoms with van der Waals surface area (Å²) >= 11 is 0. The van der Waals surface area contributed by atoms with E-state index < -0.39 is 9.84 Å². The Balaban J connectivity index is 2.48. The number of anilines is 1. The lowest BCUT2D eigenvalue weighted by Crippen LogP contribution is -2.28. The van der Waals surface area contributed by atoms with Gasteiger partial charge in [-0.15, -0.1) is 0 Å². The highest BCUT2D eigenvalue weighted by atomic mass is 32.2. The second-order valence-electron chi connectivity index (χ2n) is 4.28. The maximum absolute atomic E-state index is 11.7. The largest absolute Gasteiger partial charge is 0.353 e. The molecular weight excluding hydrogens is 224 g/mol. The van der Waals surface area contributed by atoms with E-state index in [0.717, 1.165) is 19.4 Å². The lowest BCUT2D eigenvalue weighted by molar-refractivity contribution is 0.600. The summed E-state index contributed by atoms with van der Waals surface area (Å²) in [6.07, 6.45) is 5.07. The Morgan fingerprint density at radius 1 is 1.50 bits per heavy atom. The van der Waals surface area contributed by atoms with Crippen molar-refractivity contribution >= 4 is 15.7 Å². The molecule has 16 heavy (non-hydrogen) atoms. The van der Waals surface area contributed by atoms with Gasteiger partial charge in [-0.1, -0.05) is 0 Å². The Bertz CT molecular complexity index is 485. The number of aromatic nitrogens is 1. The van der Waals surface area contributed by atoms with E-state index in [1.165, 1.54) is 6.26 Å². The normalized spacial score (nSPS) is 21.4. The Morgan fingerprint density at radius 3 is 2.81 bits per heavy atom. The van der Waals surface area contributed by atoms with Crippen LogP contribution >= 0.6 is 0 Å². The number of sulfone groups is 1. The van der Waals surface area contributed by atoms with Gasteiger partial charge in [-0.3, -0.25) is 0 Å². The van der Waals surface area contributed by atoms with Crippen LogP contribution in [-0.2, 0) is 9.84 Å². The quantitative estimate of drug-likeness (QED) is 0.785. The number of hydrogen-bond acceptors (Lipinski definition) is 4. The van der Waals surface area contributed by atoms with Gasteiger partial charge in [0.25, 0.3) is 0 Å². The average molecular weight is 240 g/mol. The number of nitrogens with zero attached hydrogens (tertiary/aromatic N) is 2. The van der Waals surface area contributed by atoms with E-state index >= 15 is 0 Å². The second kappa shape index (κ2) is 4.05. The van der Waals surface area contributed by atoms with Crippen LogP contribution in [0.4, 0.5) is 5.82 Å². The first-order chi connectivity index (χ1) is 7.50. The third kappa shape index (κ3) is 2.04. The fourth-order valence-electron chi connectivity index (χ4n) is 2.14. The van der Waals surface area contributed by atoms with Crippen molar-refractivity contribution in [3.8, 4) is 0 Å². The van der Waals surface area contributed by atoms with Gasteiger partial charge in [-0.05, 0) is 31.9 Å². The van der Waals surface area contributed by atoms with Gasteiger partial charge >= 0.3 is 0 Å². The first-order valence-electron chi connectivity index (χ1n) is 5.42. The first kappa shape index (κ1) is 11.4. The van der Waals surface area contributed by atoms with Crippen LogP contribution in [0.15, 0.2) is 23.2 Å². The molecule has 2 rings (SSSR count). The van der Waals surface area contributed by atoms with Crippen molar-refractivity contribution in [1.82, 2.24) is 4.98 Å². The summed E-state index contributed by atoms with van der Waals surface area (Å²) in [5.74, 6) is 0.606. The molecule has 0 bridgehead atoms. The molecule has 1 fully saturated rings. The summed E-state index contributed by atoms with van der Waals surface area (Å²) in [5, 5.41) is 0. The molecule has 1 atom stereocenters. The monoisotopic (exact) mass is 240 g/mol. The van der Waals surface area contributed by atoms with E-state index in [1.54, 1.807) is 18.3 Å². The van der Waals surface area contributed by atoms with Crippen LogP contribution in [0.3, 0.4) is 0 Å². The van der Waals surface area contributed by atoms with Crippen molar-refractivity contribution < 1.29 is 8.42 Å². The second-order valence-corrected chi connectivity index (χ2v) is 6.27. The van der Waals surface area contributed by atoms with Crippen LogP contribution in [0.2, 0.25) is 0 Å². The van der Waals surface area contributed by atoms with Gasteiger partial charge in [0.15, 0.2) is 9.84 Å². The number of pyridine rings is 1. The molecule has 0 amide bonds. The van der Waals surface area contributed by atoms with Crippen molar-refractivity contribution in [2.75, 3.05) is 17.7 Å². The summed E-state index contributed by atoms with van der Waals surface area (Å²) < 4.78 is 23.3. The van der Waals surface area contributed by atoms with Crippen molar-refractivity contribution in [3.05, 3.63) is 18.3 Å². The van der Waals surface area contributed by atoms with Crippen molar-refractivity contribution in [2.24, 2.45) is 0 Å². The molecule has 2 heterocycles. The number of hydrogen-bond donors (Lipinski definition) is 0. The molecule has 0 N–H and O–H groups in total. The van der Waals surface area contributed by atoms with Crippen LogP contribution in [0.25, 0.3) is 0 Å². The van der Waals surface area contributed by atoms with Crippen LogP contribution in [0.5, 0.6) is 0 Å². The van der Waals surface area contributed by atoms with Gasteiger partial charge in [0, 0.05) is 25.0 Å². The summed E-state index contributed by atoms with van der Waals surface area (Å²) in [5.41, 5.74) is 0. The summed E-state index contributed by atoms with van der Waals surface area (Å²) in [6, 6.07) is 3.67. The topological polar surface area (TPSA) is 50.3 Å². The minimum Gasteiger partial charge on any atom is -0.353 e. The van der Waals surface area contributed by atoms with Crippen LogP contribution < -0.4 is 4.90 Å². The minimum atomic E-state index is -3.20. The number of rotatable bonds is 2. The molecule has 4 nitrogen and oxygen atoms in total. The van der Waals surface area contributed by atoms with Crippen molar-refractivity contribution in [1.29, 1.82) is 0 Å². The van der Waals surface area contributed by atoms with E-state index in [4.69, 9.17) is 0 Å². The third-order valence-electron chi connectivity index (χ3n) is 2.98. The van der Waals surface area contributed by atoms with Crippen molar-refractivity contribution in [3.63, 3.8) is 0 Å². The van der Waals surface area contributed by atoms with Gasteiger partial charge in [0.05, 0.1) is 0 Å². The maximum atomic E-state index is 11.7. The van der Waals surface area contributed by atoms with Gasteiger partial charge in [0.1, 0.15) is 10.7 Å². The van der Waals surface area contributed by atoms with Gasteiger partial charge < -0.3 is 4.90 Å². The highest BCUT2D eigenvalue weighted by Gasteiger charge is 2.26. The molecule has 1 unspecified atom stereocenters. The summed E-state index contributed by atoms with van der Waals surface area (Å²) in [7, 11) is -3.20. The Morgan fingerprint density at radius 2 is 2.25 bits per heavy atom. The molecule has 5 heteroatoms. The maximum Gasteiger partial charge on any atom is 0.179 e. The van der Waals surface area contributed by atoms with E-state index in [1.807, 2.05) is 0 Å². The predicted molar refractivity (Wildman–Crippen MR) is 63.4 cm³/mol. The zero-order valence-electron chi connectivity index (χ0n) is 9.55. The first-order valence-corrected chi connectivity index (χ1v) is 7.31. The Labute approximate surface area is 96.2 Å². The van der Waals surface area contributed by atoms with Crippen LogP contribution in [0.1, 0.15) is 19.8 Å². The molecule has 1 aromatic rings. The Kier molecular flexibility index (Phi) is 2.88. The molecule has 1 aliphatic rings. The van der Waals surface area contributed by atoms with Crippen LogP contribution in [0, 0.1) is 0 Å². The molecule has 1 saturated heterocycles. The lowest BCUT2D eigenvalue weighted by Gasteiger charge is -2.24. The Hall–Kier alpha value is -1.10. The molecule has 0 aromatic carbocycles.